The standard InChI is InChI=1S/C14H14N2O2S2/c1-20(17,18)14-7-6-10(8-15-14)16-12-9-19-13-5-3-2-4-11(12)13/h2-8,12,16H,9H2,1H3. The van der Waals surface area contributed by atoms with Crippen LogP contribution in [0.5, 0.6) is 0 Å². The van der Waals surface area contributed by atoms with Crippen LogP contribution in [-0.2, 0) is 9.84 Å². The van der Waals surface area contributed by atoms with Crippen LogP contribution in [0.3, 0.4) is 0 Å². The molecule has 0 spiro atoms. The molecule has 0 saturated carbocycles. The van der Waals surface area contributed by atoms with Crippen LogP contribution >= 0.6 is 11.8 Å². The van der Waals surface area contributed by atoms with Gasteiger partial charge in [-0.25, -0.2) is 13.4 Å². The molecule has 1 atom stereocenters. The molecule has 20 heavy (non-hydrogen) atoms. The number of sulfone groups is 1. The van der Waals surface area contributed by atoms with Gasteiger partial charge in [-0.1, -0.05) is 18.2 Å². The Morgan fingerprint density at radius 1 is 1.25 bits per heavy atom. The van der Waals surface area contributed by atoms with E-state index in [1.54, 1.807) is 12.3 Å². The van der Waals surface area contributed by atoms with Gasteiger partial charge in [-0.2, -0.15) is 0 Å². The van der Waals surface area contributed by atoms with Gasteiger partial charge < -0.3 is 5.32 Å². The highest BCUT2D eigenvalue weighted by atomic mass is 32.2. The molecule has 104 valence electrons. The summed E-state index contributed by atoms with van der Waals surface area (Å²) in [6.07, 6.45) is 2.73. The van der Waals surface area contributed by atoms with Gasteiger partial charge in [-0.05, 0) is 23.8 Å². The maximum Gasteiger partial charge on any atom is 0.192 e. The van der Waals surface area contributed by atoms with Gasteiger partial charge in [0.15, 0.2) is 14.9 Å². The number of nitrogens with one attached hydrogen (secondary N) is 1. The predicted octanol–water partition coefficient (Wildman–Crippen LogP) is 2.74. The van der Waals surface area contributed by atoms with E-state index in [2.05, 4.69) is 22.4 Å². The number of nitrogens with zero attached hydrogens (tertiary/aromatic N) is 1. The third-order valence-electron chi connectivity index (χ3n) is 3.16. The molecule has 0 aliphatic carbocycles. The van der Waals surface area contributed by atoms with Crippen molar-refractivity contribution in [2.24, 2.45) is 0 Å². The van der Waals surface area contributed by atoms with Gasteiger partial charge in [-0.3, -0.25) is 0 Å². The number of thioether (sulfide) groups is 1. The summed E-state index contributed by atoms with van der Waals surface area (Å²) in [4.78, 5) is 5.29. The van der Waals surface area contributed by atoms with E-state index in [-0.39, 0.29) is 11.1 Å². The maximum atomic E-state index is 11.4. The van der Waals surface area contributed by atoms with Crippen molar-refractivity contribution in [2.75, 3.05) is 17.3 Å². The normalized spacial score (nSPS) is 17.8. The van der Waals surface area contributed by atoms with Gasteiger partial charge in [0, 0.05) is 16.9 Å². The van der Waals surface area contributed by atoms with Gasteiger partial charge in [0.2, 0.25) is 0 Å². The Balaban J connectivity index is 1.80. The summed E-state index contributed by atoms with van der Waals surface area (Å²) < 4.78 is 22.7. The number of hydrogen-bond donors (Lipinski definition) is 1. The molecule has 0 fully saturated rings. The summed E-state index contributed by atoms with van der Waals surface area (Å²) in [5.74, 6) is 0.965. The Kier molecular flexibility index (Phi) is 3.43. The fourth-order valence-corrected chi connectivity index (χ4v) is 3.89. The summed E-state index contributed by atoms with van der Waals surface area (Å²) >= 11 is 1.82. The second kappa shape index (κ2) is 5.10. The quantitative estimate of drug-likeness (QED) is 0.945. The molecule has 2 aromatic rings. The molecule has 6 heteroatoms. The highest BCUT2D eigenvalue weighted by Gasteiger charge is 2.22. The number of pyridine rings is 1. The largest absolute Gasteiger partial charge is 0.376 e. The highest BCUT2D eigenvalue weighted by molar-refractivity contribution is 7.99. The highest BCUT2D eigenvalue weighted by Crippen LogP contribution is 2.39. The molecule has 3 rings (SSSR count). The lowest BCUT2D eigenvalue weighted by atomic mass is 10.1. The molecule has 2 heterocycles. The van der Waals surface area contributed by atoms with Crippen LogP contribution in [0.1, 0.15) is 11.6 Å². The van der Waals surface area contributed by atoms with E-state index in [1.165, 1.54) is 16.5 Å². The number of fused-ring (bicyclic) bond motifs is 1. The van der Waals surface area contributed by atoms with Crippen LogP contribution in [0.4, 0.5) is 5.69 Å². The summed E-state index contributed by atoms with van der Waals surface area (Å²) in [5, 5.41) is 3.50. The zero-order valence-electron chi connectivity index (χ0n) is 10.9. The number of rotatable bonds is 3. The van der Waals surface area contributed by atoms with E-state index >= 15 is 0 Å². The predicted molar refractivity (Wildman–Crippen MR) is 80.9 cm³/mol. The Hall–Kier alpha value is -1.53. The van der Waals surface area contributed by atoms with Crippen LogP contribution < -0.4 is 5.32 Å². The van der Waals surface area contributed by atoms with Gasteiger partial charge in [0.25, 0.3) is 0 Å². The first-order chi connectivity index (χ1) is 9.54. The zero-order valence-corrected chi connectivity index (χ0v) is 12.5. The average molecular weight is 306 g/mol. The molecule has 1 aliphatic heterocycles. The van der Waals surface area contributed by atoms with E-state index in [0.717, 1.165) is 17.7 Å². The fraction of sp³-hybridized carbons (Fsp3) is 0.214. The molecule has 1 aromatic carbocycles. The molecular formula is C14H14N2O2S2. The molecule has 0 bridgehead atoms. The monoisotopic (exact) mass is 306 g/mol. The van der Waals surface area contributed by atoms with Crippen molar-refractivity contribution in [1.82, 2.24) is 4.98 Å². The Morgan fingerprint density at radius 3 is 2.75 bits per heavy atom. The lowest BCUT2D eigenvalue weighted by Crippen LogP contribution is -2.10. The van der Waals surface area contributed by atoms with Crippen molar-refractivity contribution < 1.29 is 8.42 Å². The second-order valence-electron chi connectivity index (χ2n) is 4.70. The molecule has 0 radical (unpaired) electrons. The van der Waals surface area contributed by atoms with Crippen molar-refractivity contribution in [2.45, 2.75) is 16.0 Å². The summed E-state index contributed by atoms with van der Waals surface area (Å²) in [5.41, 5.74) is 2.12. The van der Waals surface area contributed by atoms with E-state index in [1.807, 2.05) is 23.9 Å². The molecule has 1 aliphatic rings. The van der Waals surface area contributed by atoms with Crippen molar-refractivity contribution in [1.29, 1.82) is 0 Å². The number of aromatic nitrogens is 1. The van der Waals surface area contributed by atoms with Gasteiger partial charge in [-0.15, -0.1) is 11.8 Å². The summed E-state index contributed by atoms with van der Waals surface area (Å²) in [7, 11) is -3.24. The number of benzene rings is 1. The lowest BCUT2D eigenvalue weighted by Gasteiger charge is -2.14. The summed E-state index contributed by atoms with van der Waals surface area (Å²) in [6, 6.07) is 11.8. The molecule has 1 unspecified atom stereocenters. The van der Waals surface area contributed by atoms with Crippen molar-refractivity contribution in [3.05, 3.63) is 48.2 Å². The first kappa shape index (κ1) is 13.5. The fourth-order valence-electron chi connectivity index (χ4n) is 2.17. The molecule has 1 N–H and O–H groups in total. The minimum atomic E-state index is -3.24. The first-order valence-corrected chi connectivity index (χ1v) is 9.06. The minimum Gasteiger partial charge on any atom is -0.376 e. The SMILES string of the molecule is CS(=O)(=O)c1ccc(NC2CSc3ccccc32)cn1. The third-order valence-corrected chi connectivity index (χ3v) is 5.34. The second-order valence-corrected chi connectivity index (χ2v) is 7.73. The van der Waals surface area contributed by atoms with Crippen LogP contribution in [0.15, 0.2) is 52.5 Å². The zero-order chi connectivity index (χ0) is 14.2. The topological polar surface area (TPSA) is 59.1 Å². The molecule has 0 amide bonds. The summed E-state index contributed by atoms with van der Waals surface area (Å²) in [6.45, 7) is 0. The number of anilines is 1. The smallest absolute Gasteiger partial charge is 0.192 e. The van der Waals surface area contributed by atoms with Crippen molar-refractivity contribution in [3.8, 4) is 0 Å². The molecule has 0 saturated heterocycles. The maximum absolute atomic E-state index is 11.4. The molecule has 4 nitrogen and oxygen atoms in total. The van der Waals surface area contributed by atoms with Gasteiger partial charge in [0.1, 0.15) is 0 Å². The Bertz CT molecular complexity index is 727. The van der Waals surface area contributed by atoms with E-state index in [0.29, 0.717) is 0 Å². The minimum absolute atomic E-state index is 0.101. The van der Waals surface area contributed by atoms with Crippen LogP contribution in [0.2, 0.25) is 0 Å². The average Bonchev–Trinajstić information content (AvgIpc) is 2.82. The van der Waals surface area contributed by atoms with E-state index < -0.39 is 9.84 Å². The van der Waals surface area contributed by atoms with Crippen molar-refractivity contribution >= 4 is 27.3 Å². The van der Waals surface area contributed by atoms with Gasteiger partial charge in [0.05, 0.1) is 17.9 Å². The first-order valence-electron chi connectivity index (χ1n) is 6.18. The lowest BCUT2D eigenvalue weighted by molar-refractivity contribution is 0.598. The third kappa shape index (κ3) is 2.66. The number of hydrogen-bond acceptors (Lipinski definition) is 5. The van der Waals surface area contributed by atoms with E-state index in [9.17, 15) is 8.42 Å². The Labute approximate surface area is 122 Å². The molecule has 1 aromatic heterocycles. The van der Waals surface area contributed by atoms with E-state index in [4.69, 9.17) is 0 Å². The van der Waals surface area contributed by atoms with Gasteiger partial charge >= 0.3 is 0 Å². The van der Waals surface area contributed by atoms with Crippen molar-refractivity contribution in [3.63, 3.8) is 0 Å². The Morgan fingerprint density at radius 2 is 2.05 bits per heavy atom. The van der Waals surface area contributed by atoms with Crippen LogP contribution in [0.25, 0.3) is 0 Å². The van der Waals surface area contributed by atoms with Crippen LogP contribution in [0, 0.1) is 0 Å². The molecular weight excluding hydrogens is 292 g/mol. The van der Waals surface area contributed by atoms with Crippen LogP contribution in [-0.4, -0.2) is 25.4 Å².